The molecule has 1 N–H and O–H groups in total. The van der Waals surface area contributed by atoms with E-state index in [2.05, 4.69) is 0 Å². The monoisotopic (exact) mass is 509 g/mol. The molecule has 0 unspecified atom stereocenters. The molecule has 0 bridgehead atoms. The van der Waals surface area contributed by atoms with Gasteiger partial charge in [-0.05, 0) is 55.5 Å². The van der Waals surface area contributed by atoms with Crippen molar-refractivity contribution in [2.24, 2.45) is 17.8 Å². The number of methoxy groups -OCH3 is 1. The summed E-state index contributed by atoms with van der Waals surface area (Å²) in [5, 5.41) is 10.9. The second-order valence-corrected chi connectivity index (χ2v) is 10.4. The fourth-order valence-corrected chi connectivity index (χ4v) is 6.62. The summed E-state index contributed by atoms with van der Waals surface area (Å²) in [6.07, 6.45) is 3.85. The van der Waals surface area contributed by atoms with E-state index in [1.807, 2.05) is 36.4 Å². The van der Waals surface area contributed by atoms with Crippen LogP contribution >= 0.6 is 0 Å². The molecule has 2 aromatic rings. The fraction of sp³-hybridized carbons (Fsp3) is 0.290. The number of carbonyl (C=O) groups is 4. The summed E-state index contributed by atoms with van der Waals surface area (Å²) in [6.45, 7) is 1.81. The molecule has 0 spiro atoms. The van der Waals surface area contributed by atoms with Gasteiger partial charge in [-0.2, -0.15) is 0 Å². The Labute approximate surface area is 220 Å². The number of hydrogen-bond acceptors (Lipinski definition) is 6. The minimum atomic E-state index is -0.716. The number of phenols is 1. The molecule has 6 rings (SSSR count). The highest BCUT2D eigenvalue weighted by atomic mass is 16.5. The molecular formula is C31H27NO6. The van der Waals surface area contributed by atoms with Crippen molar-refractivity contribution in [2.45, 2.75) is 32.2 Å². The van der Waals surface area contributed by atoms with Crippen LogP contribution in [0.1, 0.15) is 36.8 Å². The first kappa shape index (κ1) is 24.1. The van der Waals surface area contributed by atoms with Crippen molar-refractivity contribution in [1.82, 2.24) is 4.90 Å². The van der Waals surface area contributed by atoms with Gasteiger partial charge in [-0.1, -0.05) is 42.0 Å². The van der Waals surface area contributed by atoms with Crippen LogP contribution in [0.2, 0.25) is 0 Å². The summed E-state index contributed by atoms with van der Waals surface area (Å²) in [4.78, 5) is 55.3. The number of aromatic hydroxyl groups is 1. The van der Waals surface area contributed by atoms with Gasteiger partial charge in [-0.25, -0.2) is 0 Å². The first-order chi connectivity index (χ1) is 18.3. The third kappa shape index (κ3) is 3.56. The Morgan fingerprint density at radius 2 is 1.76 bits per heavy atom. The number of phenolic OH excluding ortho intramolecular Hbond substituents is 1. The molecule has 4 aliphatic rings. The Balaban J connectivity index is 1.47. The van der Waals surface area contributed by atoms with E-state index >= 15 is 0 Å². The summed E-state index contributed by atoms with van der Waals surface area (Å²) in [5.41, 5.74) is 3.16. The lowest BCUT2D eigenvalue weighted by Gasteiger charge is -2.42. The van der Waals surface area contributed by atoms with Gasteiger partial charge in [-0.3, -0.25) is 24.1 Å². The van der Waals surface area contributed by atoms with Crippen molar-refractivity contribution in [2.75, 3.05) is 7.11 Å². The summed E-state index contributed by atoms with van der Waals surface area (Å²) in [5.74, 6) is -2.81. The molecule has 1 saturated heterocycles. The van der Waals surface area contributed by atoms with E-state index in [1.165, 1.54) is 24.2 Å². The smallest absolute Gasteiger partial charge is 0.234 e. The van der Waals surface area contributed by atoms with Crippen molar-refractivity contribution in [3.63, 3.8) is 0 Å². The van der Waals surface area contributed by atoms with E-state index in [4.69, 9.17) is 4.74 Å². The normalized spacial score (nSPS) is 26.5. The average Bonchev–Trinajstić information content (AvgIpc) is 3.16. The number of benzene rings is 2. The molecule has 0 aromatic heterocycles. The molecule has 192 valence electrons. The third-order valence-electron chi connectivity index (χ3n) is 8.38. The van der Waals surface area contributed by atoms with Gasteiger partial charge in [0.1, 0.15) is 11.5 Å². The average molecular weight is 510 g/mol. The van der Waals surface area contributed by atoms with Gasteiger partial charge >= 0.3 is 0 Å². The van der Waals surface area contributed by atoms with Gasteiger partial charge in [0.2, 0.25) is 11.8 Å². The van der Waals surface area contributed by atoms with Crippen LogP contribution in [0.5, 0.6) is 11.5 Å². The number of ketones is 2. The second kappa shape index (κ2) is 8.94. The van der Waals surface area contributed by atoms with E-state index in [1.54, 1.807) is 19.1 Å². The van der Waals surface area contributed by atoms with Crippen LogP contribution in [0.4, 0.5) is 0 Å². The molecule has 7 heteroatoms. The van der Waals surface area contributed by atoms with Crippen molar-refractivity contribution in [1.29, 1.82) is 0 Å². The third-order valence-corrected chi connectivity index (χ3v) is 8.38. The number of allylic oxidation sites excluding steroid dienone is 6. The molecule has 7 nitrogen and oxygen atoms in total. The van der Waals surface area contributed by atoms with Gasteiger partial charge in [0.25, 0.3) is 0 Å². The van der Waals surface area contributed by atoms with Crippen molar-refractivity contribution < 1.29 is 29.0 Å². The van der Waals surface area contributed by atoms with Crippen LogP contribution in [0.3, 0.4) is 0 Å². The van der Waals surface area contributed by atoms with Crippen LogP contribution < -0.4 is 4.74 Å². The fourth-order valence-electron chi connectivity index (χ4n) is 6.62. The number of rotatable bonds is 4. The molecular weight excluding hydrogens is 482 g/mol. The zero-order valence-corrected chi connectivity index (χ0v) is 21.1. The van der Waals surface area contributed by atoms with E-state index in [0.29, 0.717) is 34.5 Å². The summed E-state index contributed by atoms with van der Waals surface area (Å²) < 4.78 is 5.39. The van der Waals surface area contributed by atoms with Gasteiger partial charge in [0, 0.05) is 28.2 Å². The van der Waals surface area contributed by atoms with Gasteiger partial charge in [0.05, 0.1) is 25.5 Å². The van der Waals surface area contributed by atoms with Gasteiger partial charge < -0.3 is 9.84 Å². The topological polar surface area (TPSA) is 101 Å². The molecule has 0 radical (unpaired) electrons. The largest absolute Gasteiger partial charge is 0.508 e. The number of carbonyl (C=O) groups excluding carboxylic acids is 4. The number of likely N-dealkylation sites (tertiary alicyclic amines) is 1. The maximum Gasteiger partial charge on any atom is 0.234 e. The number of amides is 2. The minimum Gasteiger partial charge on any atom is -0.508 e. The number of Topliss-reactive ketones (excluding diaryl/α,β-unsaturated/α-hetero) is 1. The van der Waals surface area contributed by atoms with E-state index in [9.17, 15) is 24.3 Å². The zero-order valence-electron chi connectivity index (χ0n) is 21.1. The number of nitrogens with zero attached hydrogens (tertiary/aromatic N) is 1. The summed E-state index contributed by atoms with van der Waals surface area (Å²) in [6, 6.07) is 14.2. The Morgan fingerprint density at radius 1 is 1.00 bits per heavy atom. The Morgan fingerprint density at radius 3 is 2.50 bits per heavy atom. The second-order valence-electron chi connectivity index (χ2n) is 10.4. The van der Waals surface area contributed by atoms with Crippen molar-refractivity contribution >= 4 is 23.4 Å². The minimum absolute atomic E-state index is 0.0302. The predicted octanol–water partition coefficient (Wildman–Crippen LogP) is 4.03. The highest BCUT2D eigenvalue weighted by molar-refractivity contribution is 6.23. The molecule has 2 aromatic carbocycles. The Bertz CT molecular complexity index is 1500. The van der Waals surface area contributed by atoms with Crippen LogP contribution in [-0.4, -0.2) is 40.5 Å². The maximum atomic E-state index is 13.8. The summed E-state index contributed by atoms with van der Waals surface area (Å²) >= 11 is 0. The molecule has 4 atom stereocenters. The lowest BCUT2D eigenvalue weighted by molar-refractivity contribution is -0.140. The number of fused-ring (bicyclic) bond motifs is 3. The van der Waals surface area contributed by atoms with E-state index in [-0.39, 0.29) is 42.1 Å². The quantitative estimate of drug-likeness (QED) is 0.380. The van der Waals surface area contributed by atoms with E-state index in [0.717, 1.165) is 11.1 Å². The Kier molecular flexibility index (Phi) is 5.67. The van der Waals surface area contributed by atoms with Crippen LogP contribution in [0.25, 0.3) is 0 Å². The first-order valence-electron chi connectivity index (χ1n) is 12.8. The maximum absolute atomic E-state index is 13.8. The molecule has 1 aliphatic heterocycles. The molecule has 0 saturated carbocycles. The van der Waals surface area contributed by atoms with Gasteiger partial charge in [-0.15, -0.1) is 0 Å². The van der Waals surface area contributed by atoms with Crippen LogP contribution in [0, 0.1) is 17.8 Å². The lowest BCUT2D eigenvalue weighted by Crippen LogP contribution is -2.39. The number of ether oxygens (including phenoxy) is 1. The molecule has 3 aliphatic carbocycles. The molecule has 38 heavy (non-hydrogen) atoms. The van der Waals surface area contributed by atoms with Crippen molar-refractivity contribution in [3.8, 4) is 11.5 Å². The van der Waals surface area contributed by atoms with Crippen LogP contribution in [0.15, 0.2) is 83.0 Å². The van der Waals surface area contributed by atoms with E-state index < -0.39 is 23.7 Å². The van der Waals surface area contributed by atoms with Crippen LogP contribution in [-0.2, 0) is 25.7 Å². The summed E-state index contributed by atoms with van der Waals surface area (Å²) in [7, 11) is 1.51. The molecule has 2 amide bonds. The highest BCUT2D eigenvalue weighted by Gasteiger charge is 2.56. The standard InChI is InChI=1S/C31H27NO6/c1-16-12-25(34)28-23(29(16)35)14-21-19(26(28)22-13-18(38-2)8-11-24(22)33)9-10-20-27(21)31(37)32(30(20)36)15-17-6-4-3-5-7-17/h3-9,11-13,20-21,26-27,33H,10,14-15H2,1-2H3/t20-,21+,26+,27-/m0/s1. The SMILES string of the molecule is COc1ccc(O)c([C@H]2C3=CC[C@@H]4C(=O)N(Cc5ccccc5)C(=O)[C@@H]4[C@@H]3CC3=C2C(=O)C=C(C)C3=O)c1. The number of imide groups is 1. The highest BCUT2D eigenvalue weighted by Crippen LogP contribution is 2.56. The van der Waals surface area contributed by atoms with Gasteiger partial charge in [0.15, 0.2) is 11.6 Å². The zero-order chi connectivity index (χ0) is 26.7. The molecule has 1 heterocycles. The molecule has 1 fully saturated rings. The van der Waals surface area contributed by atoms with Crippen molar-refractivity contribution in [3.05, 3.63) is 94.1 Å². The number of hydrogen-bond donors (Lipinski definition) is 1. The Hall–Kier alpha value is -4.26. The predicted molar refractivity (Wildman–Crippen MR) is 138 cm³/mol. The lowest BCUT2D eigenvalue weighted by atomic mass is 9.59. The first-order valence-corrected chi connectivity index (χ1v) is 12.8.